The first kappa shape index (κ1) is 10.2. The van der Waals surface area contributed by atoms with Crippen LogP contribution in [-0.4, -0.2) is 22.0 Å². The fraction of sp³-hybridized carbons (Fsp3) is 0.444. The van der Waals surface area contributed by atoms with Crippen molar-refractivity contribution in [3.63, 3.8) is 0 Å². The predicted octanol–water partition coefficient (Wildman–Crippen LogP) is 0.850. The van der Waals surface area contributed by atoms with Crippen LogP contribution in [0.15, 0.2) is 16.1 Å². The molecule has 2 heterocycles. The third-order valence-electron chi connectivity index (χ3n) is 1.87. The number of hydrogen-bond acceptors (Lipinski definition) is 4. The van der Waals surface area contributed by atoms with Gasteiger partial charge in [-0.15, -0.1) is 0 Å². The first-order valence-corrected chi connectivity index (χ1v) is 5.48. The summed E-state index contributed by atoms with van der Waals surface area (Å²) in [5, 5.41) is 2.62. The summed E-state index contributed by atoms with van der Waals surface area (Å²) in [7, 11) is 0. The molecule has 0 radical (unpaired) electrons. The van der Waals surface area contributed by atoms with Crippen molar-refractivity contribution in [2.45, 2.75) is 20.3 Å². The molecule has 2 aliphatic heterocycles. The fourth-order valence-electron chi connectivity index (χ4n) is 1.30. The van der Waals surface area contributed by atoms with Gasteiger partial charge in [-0.3, -0.25) is 15.0 Å². The van der Waals surface area contributed by atoms with Gasteiger partial charge in [-0.1, -0.05) is 13.8 Å². The summed E-state index contributed by atoms with van der Waals surface area (Å²) >= 11 is 1.31. The zero-order valence-corrected chi connectivity index (χ0v) is 9.30. The van der Waals surface area contributed by atoms with E-state index >= 15 is 0 Å². The number of rotatable bonds is 1. The van der Waals surface area contributed by atoms with Crippen molar-refractivity contribution >= 4 is 28.7 Å². The molecule has 0 saturated carbocycles. The molecule has 0 bridgehead atoms. The highest BCUT2D eigenvalue weighted by Crippen LogP contribution is 2.28. The molecule has 2 aliphatic rings. The number of aliphatic imine (C=N–C) groups is 1. The Bertz CT molecular complexity index is 387. The van der Waals surface area contributed by atoms with Gasteiger partial charge < -0.3 is 0 Å². The second kappa shape index (κ2) is 3.69. The number of hydrazine groups is 1. The molecule has 0 spiro atoms. The van der Waals surface area contributed by atoms with Crippen LogP contribution in [0.1, 0.15) is 20.3 Å². The normalized spacial score (nSPS) is 23.3. The Balaban J connectivity index is 2.23. The number of carbonyl (C=O) groups excluding carboxylic acids is 2. The SMILES string of the molecule is CC(C)C=C1NN2C(=O)CC(=O)N=C2S1. The molecule has 0 aromatic rings. The molecule has 1 saturated heterocycles. The Kier molecular flexibility index (Phi) is 2.52. The highest BCUT2D eigenvalue weighted by molar-refractivity contribution is 8.17. The molecular weight excluding hydrogens is 214 g/mol. The van der Waals surface area contributed by atoms with Gasteiger partial charge >= 0.3 is 0 Å². The van der Waals surface area contributed by atoms with E-state index in [4.69, 9.17) is 0 Å². The lowest BCUT2D eigenvalue weighted by molar-refractivity contribution is -0.134. The average molecular weight is 225 g/mol. The summed E-state index contributed by atoms with van der Waals surface area (Å²) in [5.74, 6) is -0.233. The van der Waals surface area contributed by atoms with Crippen LogP contribution in [0.4, 0.5) is 0 Å². The Hall–Kier alpha value is -1.30. The third kappa shape index (κ3) is 2.04. The molecule has 1 N–H and O–H groups in total. The molecule has 0 aromatic heterocycles. The Labute approximate surface area is 91.6 Å². The lowest BCUT2D eigenvalue weighted by Gasteiger charge is -2.17. The molecule has 80 valence electrons. The Morgan fingerprint density at radius 2 is 2.27 bits per heavy atom. The van der Waals surface area contributed by atoms with Crippen molar-refractivity contribution in [3.05, 3.63) is 11.1 Å². The lowest BCUT2D eigenvalue weighted by Crippen LogP contribution is -2.43. The maximum atomic E-state index is 11.4. The predicted molar refractivity (Wildman–Crippen MR) is 57.6 cm³/mol. The third-order valence-corrected chi connectivity index (χ3v) is 2.78. The van der Waals surface area contributed by atoms with Gasteiger partial charge in [0.05, 0.1) is 5.03 Å². The van der Waals surface area contributed by atoms with Crippen LogP contribution in [-0.2, 0) is 9.59 Å². The standard InChI is InChI=1S/C9H11N3O2S/c1-5(2)3-7-11-12-8(14)4-6(13)10-9(12)15-7/h3,5,11H,4H2,1-2H3. The van der Waals surface area contributed by atoms with E-state index in [1.165, 1.54) is 16.8 Å². The minimum atomic E-state index is -0.369. The van der Waals surface area contributed by atoms with Crippen molar-refractivity contribution in [1.82, 2.24) is 10.4 Å². The number of nitrogens with one attached hydrogen (secondary N) is 1. The summed E-state index contributed by atoms with van der Waals surface area (Å²) in [4.78, 5) is 26.3. The molecule has 1 fully saturated rings. The number of thioether (sulfide) groups is 1. The van der Waals surface area contributed by atoms with E-state index in [1.54, 1.807) is 0 Å². The summed E-state index contributed by atoms with van der Waals surface area (Å²) in [6, 6.07) is 0. The number of carbonyl (C=O) groups is 2. The van der Waals surface area contributed by atoms with Crippen LogP contribution in [0.25, 0.3) is 0 Å². The first-order valence-electron chi connectivity index (χ1n) is 4.67. The quantitative estimate of drug-likeness (QED) is 0.672. The smallest absolute Gasteiger partial charge is 0.257 e. The number of amidine groups is 1. The Morgan fingerprint density at radius 1 is 1.53 bits per heavy atom. The van der Waals surface area contributed by atoms with Gasteiger partial charge in [0.1, 0.15) is 6.42 Å². The maximum absolute atomic E-state index is 11.4. The zero-order valence-electron chi connectivity index (χ0n) is 8.48. The van der Waals surface area contributed by atoms with Gasteiger partial charge in [0, 0.05) is 0 Å². The number of nitrogens with zero attached hydrogens (tertiary/aromatic N) is 2. The van der Waals surface area contributed by atoms with E-state index in [0.29, 0.717) is 11.1 Å². The number of hydrogen-bond donors (Lipinski definition) is 1. The van der Waals surface area contributed by atoms with Crippen molar-refractivity contribution in [1.29, 1.82) is 0 Å². The molecular formula is C9H11N3O2S. The molecule has 5 nitrogen and oxygen atoms in total. The Morgan fingerprint density at radius 3 is 2.93 bits per heavy atom. The summed E-state index contributed by atoms with van der Waals surface area (Å²) in [6.45, 7) is 4.09. The van der Waals surface area contributed by atoms with Crippen molar-refractivity contribution in [3.8, 4) is 0 Å². The highest BCUT2D eigenvalue weighted by Gasteiger charge is 2.34. The molecule has 6 heteroatoms. The van der Waals surface area contributed by atoms with Gasteiger partial charge in [-0.25, -0.2) is 0 Å². The van der Waals surface area contributed by atoms with Gasteiger partial charge in [0.15, 0.2) is 5.17 Å². The van der Waals surface area contributed by atoms with Crippen LogP contribution >= 0.6 is 11.8 Å². The number of fused-ring (bicyclic) bond motifs is 1. The molecule has 0 aromatic carbocycles. The maximum Gasteiger partial charge on any atom is 0.257 e. The van der Waals surface area contributed by atoms with Gasteiger partial charge in [0.2, 0.25) is 0 Å². The zero-order chi connectivity index (χ0) is 11.0. The molecule has 15 heavy (non-hydrogen) atoms. The minimum absolute atomic E-state index is 0.147. The van der Waals surface area contributed by atoms with E-state index < -0.39 is 0 Å². The van der Waals surface area contributed by atoms with E-state index in [0.717, 1.165) is 5.03 Å². The van der Waals surface area contributed by atoms with Crippen LogP contribution < -0.4 is 5.43 Å². The highest BCUT2D eigenvalue weighted by atomic mass is 32.2. The summed E-state index contributed by atoms with van der Waals surface area (Å²) < 4.78 is 0. The number of amides is 2. The molecule has 0 atom stereocenters. The summed E-state index contributed by atoms with van der Waals surface area (Å²) in [6.07, 6.45) is 1.84. The molecule has 0 unspecified atom stereocenters. The van der Waals surface area contributed by atoms with Gasteiger partial charge in [0.25, 0.3) is 11.8 Å². The second-order valence-electron chi connectivity index (χ2n) is 3.68. The van der Waals surface area contributed by atoms with Crippen LogP contribution in [0.3, 0.4) is 0 Å². The fourth-order valence-corrected chi connectivity index (χ4v) is 2.36. The van der Waals surface area contributed by atoms with Crippen molar-refractivity contribution < 1.29 is 9.59 Å². The van der Waals surface area contributed by atoms with E-state index in [1.807, 2.05) is 19.9 Å². The van der Waals surface area contributed by atoms with Gasteiger partial charge in [-0.2, -0.15) is 10.0 Å². The van der Waals surface area contributed by atoms with Crippen LogP contribution in [0.5, 0.6) is 0 Å². The van der Waals surface area contributed by atoms with E-state index in [9.17, 15) is 9.59 Å². The average Bonchev–Trinajstić information content (AvgIpc) is 2.45. The summed E-state index contributed by atoms with van der Waals surface area (Å²) in [5.41, 5.74) is 2.92. The topological polar surface area (TPSA) is 61.8 Å². The van der Waals surface area contributed by atoms with Crippen LogP contribution in [0, 0.1) is 5.92 Å². The minimum Gasteiger partial charge on any atom is -0.283 e. The van der Waals surface area contributed by atoms with E-state index in [-0.39, 0.29) is 18.2 Å². The molecule has 2 rings (SSSR count). The number of allylic oxidation sites excluding steroid dienone is 1. The largest absolute Gasteiger partial charge is 0.283 e. The monoisotopic (exact) mass is 225 g/mol. The van der Waals surface area contributed by atoms with Crippen molar-refractivity contribution in [2.24, 2.45) is 10.9 Å². The first-order chi connectivity index (χ1) is 7.06. The molecule has 0 aliphatic carbocycles. The lowest BCUT2D eigenvalue weighted by atomic mass is 10.2. The van der Waals surface area contributed by atoms with Crippen molar-refractivity contribution in [2.75, 3.05) is 0 Å². The van der Waals surface area contributed by atoms with E-state index in [2.05, 4.69) is 10.4 Å². The second-order valence-corrected chi connectivity index (χ2v) is 4.69. The van der Waals surface area contributed by atoms with Crippen LogP contribution in [0.2, 0.25) is 0 Å². The van der Waals surface area contributed by atoms with Gasteiger partial charge in [-0.05, 0) is 23.8 Å². The molecule has 2 amide bonds.